The van der Waals surface area contributed by atoms with Crippen LogP contribution in [0.25, 0.3) is 60.6 Å². The second kappa shape index (κ2) is 11.1. The van der Waals surface area contributed by atoms with E-state index < -0.39 is 7.14 Å². The Bertz CT molecular complexity index is 2480. The third-order valence-electron chi connectivity index (χ3n) is 8.78. The summed E-state index contributed by atoms with van der Waals surface area (Å²) in [6, 6.07) is 46.0. The van der Waals surface area contributed by atoms with Crippen molar-refractivity contribution in [3.05, 3.63) is 163 Å². The quantitative estimate of drug-likeness (QED) is 0.149. The van der Waals surface area contributed by atoms with Gasteiger partial charge in [-0.3, -0.25) is 0 Å². The van der Waals surface area contributed by atoms with Crippen LogP contribution >= 0.6 is 7.14 Å². The highest BCUT2D eigenvalue weighted by molar-refractivity contribution is 7.82. The molecule has 2 heterocycles. The molecule has 0 radical (unpaired) electrons. The van der Waals surface area contributed by atoms with Crippen molar-refractivity contribution in [3.63, 3.8) is 0 Å². The Morgan fingerprint density at radius 2 is 1.22 bits per heavy atom. The Balaban J connectivity index is 1.24. The number of hydrogen-bond donors (Lipinski definition) is 1. The fraction of sp³-hybridized carbons (Fsp3) is 0.0244. The summed E-state index contributed by atoms with van der Waals surface area (Å²) in [5.41, 5.74) is 13.6. The molecule has 0 aliphatic rings. The molecule has 8 aromatic rings. The van der Waals surface area contributed by atoms with Crippen LogP contribution in [0.4, 0.5) is 0 Å². The number of nitrogens with two attached hydrogens (primary N) is 1. The Hall–Kier alpha value is -5.57. The summed E-state index contributed by atoms with van der Waals surface area (Å²) >= 11 is 0. The first-order valence-corrected chi connectivity index (χ1v) is 16.9. The van der Waals surface area contributed by atoms with Crippen LogP contribution in [0.1, 0.15) is 12.5 Å². The average molecular weight is 616 g/mol. The van der Waals surface area contributed by atoms with E-state index in [-0.39, 0.29) is 0 Å². The lowest BCUT2D eigenvalue weighted by Crippen LogP contribution is -2.17. The third-order valence-corrected chi connectivity index (χ3v) is 11.8. The van der Waals surface area contributed by atoms with Gasteiger partial charge in [-0.1, -0.05) is 109 Å². The first kappa shape index (κ1) is 27.9. The smallest absolute Gasteiger partial charge is 0.172 e. The third kappa shape index (κ3) is 4.50. The SMILES string of the molecule is C/C(=C\C(=C/N)P(=O)(c1ccccc1)c1ccccc1)c1ccc2oc3ccc(-c4cccc5c4oc4ccccc45)cc3c2c1. The standard InChI is InChI=1S/C41H30NO3P/c1-27(23-32(26-42)46(43,30-11-4-2-5-12-30)31-13-6-3-7-14-31)28-19-21-39-36(24-28)37-25-29(20-22-40(37)44-39)33-16-10-17-35-34-15-8-9-18-38(34)45-41(33)35/h2-26H,42H2,1H3/b27-23+,32-26+. The van der Waals surface area contributed by atoms with Gasteiger partial charge in [-0.2, -0.15) is 0 Å². The van der Waals surface area contributed by atoms with E-state index in [0.717, 1.165) is 76.7 Å². The summed E-state index contributed by atoms with van der Waals surface area (Å²) in [6.07, 6.45) is 3.44. The van der Waals surface area contributed by atoms with Crippen molar-refractivity contribution in [2.75, 3.05) is 0 Å². The van der Waals surface area contributed by atoms with Crippen molar-refractivity contribution < 1.29 is 13.4 Å². The molecule has 5 heteroatoms. The van der Waals surface area contributed by atoms with Crippen LogP contribution in [0.5, 0.6) is 0 Å². The maximum absolute atomic E-state index is 15.0. The number of furan rings is 2. The zero-order valence-corrected chi connectivity index (χ0v) is 26.1. The molecule has 0 atom stereocenters. The van der Waals surface area contributed by atoms with Crippen molar-refractivity contribution in [1.82, 2.24) is 0 Å². The Morgan fingerprint density at radius 1 is 0.609 bits per heavy atom. The minimum atomic E-state index is -3.22. The van der Waals surface area contributed by atoms with E-state index in [0.29, 0.717) is 5.31 Å². The first-order chi connectivity index (χ1) is 22.5. The second-order valence-corrected chi connectivity index (χ2v) is 14.3. The lowest BCUT2D eigenvalue weighted by molar-refractivity contribution is 0.591. The van der Waals surface area contributed by atoms with Crippen LogP contribution in [0.3, 0.4) is 0 Å². The largest absolute Gasteiger partial charge is 0.456 e. The summed E-state index contributed by atoms with van der Waals surface area (Å²) in [5.74, 6) is 0. The van der Waals surface area contributed by atoms with Gasteiger partial charge in [0, 0.05) is 49.2 Å². The van der Waals surface area contributed by atoms with Crippen LogP contribution in [-0.4, -0.2) is 0 Å². The lowest BCUT2D eigenvalue weighted by atomic mass is 9.99. The van der Waals surface area contributed by atoms with Gasteiger partial charge in [0.05, 0.1) is 0 Å². The highest BCUT2D eigenvalue weighted by Gasteiger charge is 2.30. The molecule has 2 aromatic heterocycles. The Morgan fingerprint density at radius 3 is 1.93 bits per heavy atom. The summed E-state index contributed by atoms with van der Waals surface area (Å²) < 4.78 is 27.6. The van der Waals surface area contributed by atoms with Crippen molar-refractivity contribution >= 4 is 67.2 Å². The summed E-state index contributed by atoms with van der Waals surface area (Å²) in [6.45, 7) is 2.03. The van der Waals surface area contributed by atoms with Gasteiger partial charge in [0.15, 0.2) is 7.14 Å². The molecular formula is C41H30NO3P. The van der Waals surface area contributed by atoms with Gasteiger partial charge in [0.2, 0.25) is 0 Å². The van der Waals surface area contributed by atoms with Gasteiger partial charge < -0.3 is 19.1 Å². The lowest BCUT2D eigenvalue weighted by Gasteiger charge is -2.21. The maximum atomic E-state index is 15.0. The van der Waals surface area contributed by atoms with Gasteiger partial charge in [0.25, 0.3) is 0 Å². The van der Waals surface area contributed by atoms with Gasteiger partial charge >= 0.3 is 0 Å². The minimum Gasteiger partial charge on any atom is -0.456 e. The monoisotopic (exact) mass is 615 g/mol. The number of hydrogen-bond acceptors (Lipinski definition) is 4. The molecule has 8 rings (SSSR count). The number of allylic oxidation sites excluding steroid dienone is 3. The summed E-state index contributed by atoms with van der Waals surface area (Å²) in [7, 11) is -3.22. The predicted molar refractivity (Wildman–Crippen MR) is 192 cm³/mol. The fourth-order valence-electron chi connectivity index (χ4n) is 6.44. The number of fused-ring (bicyclic) bond motifs is 6. The fourth-order valence-corrected chi connectivity index (χ4v) is 9.10. The van der Waals surface area contributed by atoms with E-state index in [2.05, 4.69) is 42.5 Å². The zero-order chi connectivity index (χ0) is 31.3. The first-order valence-electron chi connectivity index (χ1n) is 15.2. The molecule has 0 saturated heterocycles. The number of rotatable bonds is 6. The molecule has 0 bridgehead atoms. The Labute approximate surface area is 266 Å². The topological polar surface area (TPSA) is 69.4 Å². The molecule has 0 aliphatic carbocycles. The minimum absolute atomic E-state index is 0.584. The van der Waals surface area contributed by atoms with Gasteiger partial charge in [-0.25, -0.2) is 0 Å². The molecule has 0 fully saturated rings. The van der Waals surface area contributed by atoms with Gasteiger partial charge in [0.1, 0.15) is 22.3 Å². The van der Waals surface area contributed by atoms with Crippen molar-refractivity contribution in [3.8, 4) is 11.1 Å². The predicted octanol–water partition coefficient (Wildman–Crippen LogP) is 10.4. The van der Waals surface area contributed by atoms with Crippen LogP contribution in [0.15, 0.2) is 166 Å². The molecule has 46 heavy (non-hydrogen) atoms. The van der Waals surface area contributed by atoms with Gasteiger partial charge in [-0.05, 0) is 60.0 Å². The second-order valence-electron chi connectivity index (χ2n) is 11.5. The zero-order valence-electron chi connectivity index (χ0n) is 25.2. The highest BCUT2D eigenvalue weighted by Crippen LogP contribution is 2.52. The van der Waals surface area contributed by atoms with E-state index in [1.54, 1.807) is 0 Å². The Kier molecular flexibility index (Phi) is 6.74. The molecule has 0 saturated carbocycles. The van der Waals surface area contributed by atoms with Crippen LogP contribution in [-0.2, 0) is 4.57 Å². The molecule has 0 unspecified atom stereocenters. The van der Waals surface area contributed by atoms with Crippen molar-refractivity contribution in [1.29, 1.82) is 0 Å². The molecule has 0 spiro atoms. The van der Waals surface area contributed by atoms with E-state index in [1.165, 1.54) is 6.20 Å². The molecule has 2 N–H and O–H groups in total. The summed E-state index contributed by atoms with van der Waals surface area (Å²) in [5, 5.41) is 6.29. The number of benzene rings is 6. The molecule has 0 amide bonds. The number of para-hydroxylation sites is 2. The maximum Gasteiger partial charge on any atom is 0.172 e. The normalized spacial score (nSPS) is 12.9. The molecule has 6 aromatic carbocycles. The van der Waals surface area contributed by atoms with E-state index in [9.17, 15) is 4.57 Å². The molecular weight excluding hydrogens is 585 g/mol. The van der Waals surface area contributed by atoms with Crippen molar-refractivity contribution in [2.45, 2.75) is 6.92 Å². The van der Waals surface area contributed by atoms with Crippen LogP contribution in [0.2, 0.25) is 0 Å². The molecule has 222 valence electrons. The van der Waals surface area contributed by atoms with E-state index in [4.69, 9.17) is 14.6 Å². The molecule has 0 aliphatic heterocycles. The van der Waals surface area contributed by atoms with Gasteiger partial charge in [-0.15, -0.1) is 0 Å². The van der Waals surface area contributed by atoms with E-state index >= 15 is 0 Å². The average Bonchev–Trinajstić information content (AvgIpc) is 3.68. The van der Waals surface area contributed by atoms with Crippen molar-refractivity contribution in [2.24, 2.45) is 5.73 Å². The van der Waals surface area contributed by atoms with Crippen LogP contribution in [0, 0.1) is 0 Å². The van der Waals surface area contributed by atoms with E-state index in [1.807, 2.05) is 110 Å². The highest BCUT2D eigenvalue weighted by atomic mass is 31.2. The van der Waals surface area contributed by atoms with Crippen LogP contribution < -0.4 is 16.3 Å². The molecule has 4 nitrogen and oxygen atoms in total. The summed E-state index contributed by atoms with van der Waals surface area (Å²) in [4.78, 5) is 0.